The van der Waals surface area contributed by atoms with Gasteiger partial charge in [-0.05, 0) is 30.4 Å². The Morgan fingerprint density at radius 1 is 1.22 bits per heavy atom. The molecule has 0 saturated heterocycles. The quantitative estimate of drug-likeness (QED) is 0.899. The molecule has 1 heterocycles. The summed E-state index contributed by atoms with van der Waals surface area (Å²) in [6.07, 6.45) is 4.32. The first kappa shape index (κ1) is 16.2. The van der Waals surface area contributed by atoms with Crippen LogP contribution in [0.5, 0.6) is 0 Å². The fourth-order valence-corrected chi connectivity index (χ4v) is 3.83. The number of ketones is 1. The highest BCUT2D eigenvalue weighted by Gasteiger charge is 2.16. The van der Waals surface area contributed by atoms with Crippen molar-refractivity contribution in [2.45, 2.75) is 12.8 Å². The van der Waals surface area contributed by atoms with Crippen LogP contribution in [0.1, 0.15) is 25.9 Å². The van der Waals surface area contributed by atoms with Crippen molar-refractivity contribution >= 4 is 52.3 Å². The Hall–Kier alpha value is -1.69. The van der Waals surface area contributed by atoms with Gasteiger partial charge < -0.3 is 5.32 Å². The zero-order valence-electron chi connectivity index (χ0n) is 11.9. The number of fused-ring (bicyclic) bond motifs is 1. The van der Waals surface area contributed by atoms with E-state index in [9.17, 15) is 9.59 Å². The number of rotatable bonds is 4. The van der Waals surface area contributed by atoms with Crippen molar-refractivity contribution in [1.82, 2.24) is 10.3 Å². The molecule has 2 aromatic rings. The first-order valence-corrected chi connectivity index (χ1v) is 8.52. The number of aromatic nitrogens is 1. The Bertz CT molecular complexity index is 794. The first-order valence-electron chi connectivity index (χ1n) is 6.95. The Labute approximate surface area is 147 Å². The maximum Gasteiger partial charge on any atom is 0.251 e. The van der Waals surface area contributed by atoms with Crippen LogP contribution in [0, 0.1) is 0 Å². The number of allylic oxidation sites excluding steroid dienone is 1. The van der Waals surface area contributed by atoms with E-state index in [2.05, 4.69) is 10.3 Å². The second-order valence-electron chi connectivity index (χ2n) is 5.06. The Morgan fingerprint density at radius 3 is 2.70 bits per heavy atom. The zero-order valence-corrected chi connectivity index (χ0v) is 14.3. The van der Waals surface area contributed by atoms with Crippen LogP contribution in [-0.4, -0.2) is 23.2 Å². The first-order chi connectivity index (χ1) is 11.0. The Kier molecular flexibility index (Phi) is 4.80. The number of amides is 1. The molecule has 0 aliphatic heterocycles. The molecule has 0 bridgehead atoms. The molecule has 0 radical (unpaired) electrons. The van der Waals surface area contributed by atoms with Gasteiger partial charge in [0.05, 0.1) is 10.7 Å². The van der Waals surface area contributed by atoms with E-state index < -0.39 is 0 Å². The van der Waals surface area contributed by atoms with Crippen LogP contribution in [0.2, 0.25) is 10.0 Å². The SMILES string of the molecule is O=C1C=Cc2nc(CCNC(=O)c3cc(Cl)cc(Cl)c3)sc2C1. The predicted molar refractivity (Wildman–Crippen MR) is 92.4 cm³/mol. The lowest BCUT2D eigenvalue weighted by molar-refractivity contribution is -0.114. The number of nitrogens with one attached hydrogen (secondary N) is 1. The predicted octanol–water partition coefficient (Wildman–Crippen LogP) is 3.56. The number of hydrogen-bond acceptors (Lipinski definition) is 4. The lowest BCUT2D eigenvalue weighted by Crippen LogP contribution is -2.25. The second-order valence-corrected chi connectivity index (χ2v) is 7.10. The van der Waals surface area contributed by atoms with Crippen molar-refractivity contribution in [3.63, 3.8) is 0 Å². The highest BCUT2D eigenvalue weighted by atomic mass is 35.5. The fraction of sp³-hybridized carbons (Fsp3) is 0.188. The van der Waals surface area contributed by atoms with Crippen molar-refractivity contribution in [2.75, 3.05) is 6.54 Å². The molecule has 23 heavy (non-hydrogen) atoms. The van der Waals surface area contributed by atoms with Crippen molar-refractivity contribution in [1.29, 1.82) is 0 Å². The van der Waals surface area contributed by atoms with E-state index in [1.807, 2.05) is 0 Å². The minimum Gasteiger partial charge on any atom is -0.352 e. The monoisotopic (exact) mass is 366 g/mol. The van der Waals surface area contributed by atoms with Gasteiger partial charge in [-0.3, -0.25) is 9.59 Å². The molecule has 0 atom stereocenters. The number of carbonyl (C=O) groups excluding carboxylic acids is 2. The van der Waals surface area contributed by atoms with E-state index in [0.29, 0.717) is 35.0 Å². The summed E-state index contributed by atoms with van der Waals surface area (Å²) in [7, 11) is 0. The Balaban J connectivity index is 1.58. The summed E-state index contributed by atoms with van der Waals surface area (Å²) < 4.78 is 0. The summed E-state index contributed by atoms with van der Waals surface area (Å²) in [6, 6.07) is 4.72. The van der Waals surface area contributed by atoms with E-state index in [1.165, 1.54) is 11.3 Å². The molecule has 0 spiro atoms. The summed E-state index contributed by atoms with van der Waals surface area (Å²) in [5.41, 5.74) is 1.28. The van der Waals surface area contributed by atoms with Gasteiger partial charge >= 0.3 is 0 Å². The van der Waals surface area contributed by atoms with E-state index in [0.717, 1.165) is 15.6 Å². The fourth-order valence-electron chi connectivity index (χ4n) is 2.24. The lowest BCUT2D eigenvalue weighted by Gasteiger charge is -2.05. The summed E-state index contributed by atoms with van der Waals surface area (Å²) in [4.78, 5) is 28.9. The average molecular weight is 367 g/mol. The minimum atomic E-state index is -0.231. The number of halogens is 2. The number of benzene rings is 1. The second kappa shape index (κ2) is 6.83. The third kappa shape index (κ3) is 3.99. The van der Waals surface area contributed by atoms with Crippen LogP contribution in [-0.2, 0) is 17.6 Å². The van der Waals surface area contributed by atoms with Crippen LogP contribution < -0.4 is 5.32 Å². The third-order valence-corrected chi connectivity index (χ3v) is 4.85. The van der Waals surface area contributed by atoms with Gasteiger partial charge in [0.15, 0.2) is 5.78 Å². The number of nitrogens with zero attached hydrogens (tertiary/aromatic N) is 1. The number of thiazole rings is 1. The molecular weight excluding hydrogens is 355 g/mol. The van der Waals surface area contributed by atoms with E-state index in [1.54, 1.807) is 30.4 Å². The molecule has 1 amide bonds. The standard InChI is InChI=1S/C16H12Cl2N2O2S/c17-10-5-9(6-11(18)7-10)16(22)19-4-3-15-20-13-2-1-12(21)8-14(13)23-15/h1-2,5-7H,3-4,8H2,(H,19,22). The lowest BCUT2D eigenvalue weighted by atomic mass is 10.1. The molecule has 3 rings (SSSR count). The van der Waals surface area contributed by atoms with E-state index >= 15 is 0 Å². The number of hydrogen-bond donors (Lipinski definition) is 1. The molecule has 1 aliphatic rings. The van der Waals surface area contributed by atoms with Gasteiger partial charge in [0.1, 0.15) is 0 Å². The van der Waals surface area contributed by atoms with Crippen LogP contribution in [0.4, 0.5) is 0 Å². The van der Waals surface area contributed by atoms with Gasteiger partial charge in [-0.2, -0.15) is 0 Å². The van der Waals surface area contributed by atoms with Gasteiger partial charge in [0.25, 0.3) is 5.91 Å². The van der Waals surface area contributed by atoms with E-state index in [-0.39, 0.29) is 11.7 Å². The van der Waals surface area contributed by atoms with Crippen molar-refractivity contribution in [3.8, 4) is 0 Å². The van der Waals surface area contributed by atoms with Crippen LogP contribution >= 0.6 is 34.5 Å². The highest BCUT2D eigenvalue weighted by Crippen LogP contribution is 2.24. The normalized spacial score (nSPS) is 13.0. The van der Waals surface area contributed by atoms with Gasteiger partial charge in [-0.15, -0.1) is 11.3 Å². The largest absolute Gasteiger partial charge is 0.352 e. The smallest absolute Gasteiger partial charge is 0.251 e. The molecule has 0 fully saturated rings. The Morgan fingerprint density at radius 2 is 1.96 bits per heavy atom. The highest BCUT2D eigenvalue weighted by molar-refractivity contribution is 7.12. The van der Waals surface area contributed by atoms with Crippen molar-refractivity contribution in [2.24, 2.45) is 0 Å². The van der Waals surface area contributed by atoms with Gasteiger partial charge in [-0.1, -0.05) is 23.2 Å². The molecule has 1 aliphatic carbocycles. The minimum absolute atomic E-state index is 0.0961. The zero-order chi connectivity index (χ0) is 16.4. The number of carbonyl (C=O) groups is 2. The molecular formula is C16H12Cl2N2O2S. The average Bonchev–Trinajstić information content (AvgIpc) is 2.87. The summed E-state index contributed by atoms with van der Waals surface area (Å²) in [5, 5.41) is 4.56. The molecule has 0 unspecified atom stereocenters. The molecule has 0 saturated carbocycles. The molecule has 4 nitrogen and oxygen atoms in total. The van der Waals surface area contributed by atoms with Gasteiger partial charge in [0, 0.05) is 39.9 Å². The topological polar surface area (TPSA) is 59.1 Å². The van der Waals surface area contributed by atoms with Crippen molar-refractivity contribution < 1.29 is 9.59 Å². The molecule has 7 heteroatoms. The molecule has 1 N–H and O–H groups in total. The summed E-state index contributed by atoms with van der Waals surface area (Å²) in [6.45, 7) is 0.451. The molecule has 1 aromatic carbocycles. The van der Waals surface area contributed by atoms with Crippen molar-refractivity contribution in [3.05, 3.63) is 55.5 Å². The van der Waals surface area contributed by atoms with Crippen LogP contribution in [0.25, 0.3) is 6.08 Å². The molecule has 1 aromatic heterocycles. The third-order valence-electron chi connectivity index (χ3n) is 3.28. The summed E-state index contributed by atoms with van der Waals surface area (Å²) in [5.74, 6) is -0.135. The van der Waals surface area contributed by atoms with Gasteiger partial charge in [-0.25, -0.2) is 4.98 Å². The molecule has 118 valence electrons. The maximum atomic E-state index is 12.1. The summed E-state index contributed by atoms with van der Waals surface area (Å²) >= 11 is 13.3. The maximum absolute atomic E-state index is 12.1. The van der Waals surface area contributed by atoms with Crippen LogP contribution in [0.15, 0.2) is 24.3 Å². The van der Waals surface area contributed by atoms with Gasteiger partial charge in [0.2, 0.25) is 0 Å². The van der Waals surface area contributed by atoms with Crippen LogP contribution in [0.3, 0.4) is 0 Å². The van der Waals surface area contributed by atoms with E-state index in [4.69, 9.17) is 23.2 Å².